The Morgan fingerprint density at radius 3 is 2.29 bits per heavy atom. The number of halogens is 2. The van der Waals surface area contributed by atoms with Crippen LogP contribution in [0, 0.1) is 0 Å². The second-order valence-corrected chi connectivity index (χ2v) is 5.41. The summed E-state index contributed by atoms with van der Waals surface area (Å²) in [5.74, 6) is -3.53. The fourth-order valence-electron chi connectivity index (χ4n) is 1.35. The summed E-state index contributed by atoms with van der Waals surface area (Å²) in [6, 6.07) is 8.04. The molecule has 0 saturated carbocycles. The van der Waals surface area contributed by atoms with E-state index < -0.39 is 27.9 Å². The minimum atomic E-state index is -4.76. The van der Waals surface area contributed by atoms with Gasteiger partial charge in [-0.1, -0.05) is 30.3 Å². The third-order valence-electron chi connectivity index (χ3n) is 2.33. The fraction of sp³-hybridized carbons (Fsp3) is 0.400. The molecule has 1 unspecified atom stereocenters. The van der Waals surface area contributed by atoms with Gasteiger partial charge in [-0.2, -0.15) is 13.5 Å². The molecular weight excluding hydrogens is 252 g/mol. The Bertz CT molecular complexity index is 464. The predicted octanol–water partition coefficient (Wildman–Crippen LogP) is 1.04. The van der Waals surface area contributed by atoms with Crippen LogP contribution in [-0.2, 0) is 15.6 Å². The van der Waals surface area contributed by atoms with Crippen molar-refractivity contribution in [1.29, 1.82) is 0 Å². The lowest BCUT2D eigenvalue weighted by molar-refractivity contribution is 0.186. The molecule has 1 aromatic rings. The van der Waals surface area contributed by atoms with Crippen LogP contribution >= 0.6 is 0 Å². The molecule has 0 spiro atoms. The Morgan fingerprint density at radius 1 is 1.35 bits per heavy atom. The Kier molecular flexibility index (Phi) is 4.18. The topological polar surface area (TPSA) is 66.4 Å². The molecule has 0 aliphatic carbocycles. The molecule has 0 amide bonds. The Labute approximate surface area is 98.3 Å². The monoisotopic (exact) mass is 265 g/mol. The Morgan fingerprint density at radius 2 is 1.88 bits per heavy atom. The first-order valence-electron chi connectivity index (χ1n) is 4.79. The molecule has 0 aliphatic heterocycles. The zero-order valence-corrected chi connectivity index (χ0v) is 9.92. The molecule has 0 bridgehead atoms. The van der Waals surface area contributed by atoms with Crippen LogP contribution in [0.5, 0.6) is 0 Å². The number of rotatable bonds is 5. The summed E-state index contributed by atoms with van der Waals surface area (Å²) < 4.78 is 48.5. The molecule has 0 radical (unpaired) electrons. The van der Waals surface area contributed by atoms with E-state index in [0.717, 1.165) is 0 Å². The Hall–Kier alpha value is -1.05. The van der Waals surface area contributed by atoms with Crippen molar-refractivity contribution in [2.24, 2.45) is 0 Å². The van der Waals surface area contributed by atoms with E-state index in [2.05, 4.69) is 0 Å². The van der Waals surface area contributed by atoms with Gasteiger partial charge in [0.2, 0.25) is 0 Å². The first-order chi connectivity index (χ1) is 7.82. The number of benzene rings is 1. The van der Waals surface area contributed by atoms with Gasteiger partial charge in [0.05, 0.1) is 12.1 Å². The number of alkyl halides is 2. The smallest absolute Gasteiger partial charge is 0.350 e. The van der Waals surface area contributed by atoms with E-state index in [0.29, 0.717) is 5.56 Å². The van der Waals surface area contributed by atoms with E-state index in [1.165, 1.54) is 6.92 Å². The van der Waals surface area contributed by atoms with E-state index in [1.807, 2.05) is 4.72 Å². The van der Waals surface area contributed by atoms with Crippen molar-refractivity contribution in [1.82, 2.24) is 4.72 Å². The highest BCUT2D eigenvalue weighted by atomic mass is 32.2. The van der Waals surface area contributed by atoms with E-state index in [9.17, 15) is 22.3 Å². The van der Waals surface area contributed by atoms with E-state index in [-0.39, 0.29) is 0 Å². The van der Waals surface area contributed by atoms with Crippen molar-refractivity contribution in [2.45, 2.75) is 18.2 Å². The molecule has 1 rings (SSSR count). The highest BCUT2D eigenvalue weighted by Crippen LogP contribution is 2.22. The third kappa shape index (κ3) is 3.21. The molecule has 17 heavy (non-hydrogen) atoms. The van der Waals surface area contributed by atoms with Crippen molar-refractivity contribution in [3.8, 4) is 0 Å². The van der Waals surface area contributed by atoms with Gasteiger partial charge in [0.1, 0.15) is 0 Å². The van der Waals surface area contributed by atoms with Crippen LogP contribution < -0.4 is 4.72 Å². The van der Waals surface area contributed by atoms with Crippen LogP contribution in [0.2, 0.25) is 0 Å². The highest BCUT2D eigenvalue weighted by molar-refractivity contribution is 7.89. The van der Waals surface area contributed by atoms with E-state index in [4.69, 9.17) is 0 Å². The average molecular weight is 265 g/mol. The summed E-state index contributed by atoms with van der Waals surface area (Å²) >= 11 is 0. The lowest BCUT2D eigenvalue weighted by atomic mass is 9.94. The maximum Gasteiger partial charge on any atom is 0.350 e. The summed E-state index contributed by atoms with van der Waals surface area (Å²) in [7, 11) is -4.76. The lowest BCUT2D eigenvalue weighted by Gasteiger charge is -2.28. The van der Waals surface area contributed by atoms with E-state index >= 15 is 0 Å². The quantitative estimate of drug-likeness (QED) is 0.836. The number of aliphatic hydroxyl groups excluding tert-OH is 1. The second kappa shape index (κ2) is 5.07. The van der Waals surface area contributed by atoms with Crippen LogP contribution in [0.4, 0.5) is 8.78 Å². The van der Waals surface area contributed by atoms with Gasteiger partial charge in [-0.15, -0.1) is 0 Å². The van der Waals surface area contributed by atoms with Gasteiger partial charge in [-0.25, -0.2) is 8.42 Å². The highest BCUT2D eigenvalue weighted by Gasteiger charge is 2.35. The van der Waals surface area contributed by atoms with Crippen molar-refractivity contribution in [2.75, 3.05) is 6.61 Å². The molecular formula is C10H13F2NO3S. The van der Waals surface area contributed by atoms with Gasteiger partial charge in [-0.05, 0) is 12.5 Å². The number of nitrogens with one attached hydrogen (secondary N) is 1. The van der Waals surface area contributed by atoms with Crippen molar-refractivity contribution >= 4 is 10.0 Å². The van der Waals surface area contributed by atoms with Crippen LogP contribution in [0.15, 0.2) is 30.3 Å². The predicted molar refractivity (Wildman–Crippen MR) is 58.9 cm³/mol. The number of hydrogen-bond acceptors (Lipinski definition) is 3. The molecule has 0 aromatic heterocycles. The molecule has 0 aliphatic rings. The van der Waals surface area contributed by atoms with Gasteiger partial charge < -0.3 is 5.11 Å². The minimum Gasteiger partial charge on any atom is -0.394 e. The number of hydrogen-bond donors (Lipinski definition) is 2. The summed E-state index contributed by atoms with van der Waals surface area (Å²) in [5.41, 5.74) is -1.05. The van der Waals surface area contributed by atoms with Gasteiger partial charge >= 0.3 is 5.76 Å². The van der Waals surface area contributed by atoms with Crippen LogP contribution in [0.1, 0.15) is 12.5 Å². The molecule has 0 fully saturated rings. The summed E-state index contributed by atoms with van der Waals surface area (Å²) in [5, 5.41) is 9.21. The molecule has 0 saturated heterocycles. The molecule has 96 valence electrons. The summed E-state index contributed by atoms with van der Waals surface area (Å²) in [6.45, 7) is 0.714. The molecule has 2 N–H and O–H groups in total. The average Bonchev–Trinajstić information content (AvgIpc) is 2.29. The normalized spacial score (nSPS) is 15.8. The first-order valence-corrected chi connectivity index (χ1v) is 6.34. The van der Waals surface area contributed by atoms with Gasteiger partial charge in [0.25, 0.3) is 10.0 Å². The van der Waals surface area contributed by atoms with Crippen LogP contribution in [-0.4, -0.2) is 25.9 Å². The third-order valence-corrected chi connectivity index (χ3v) is 3.53. The zero-order valence-electron chi connectivity index (χ0n) is 9.10. The Balaban J connectivity index is 3.07. The standard InChI is InChI=1S/C10H13F2NO3S/c1-10(7-14,8-5-3-2-4-6-8)13-17(15,16)9(11)12/h2-6,9,13-14H,7H2,1H3. The summed E-state index contributed by atoms with van der Waals surface area (Å²) in [4.78, 5) is 0. The van der Waals surface area contributed by atoms with Crippen molar-refractivity contribution in [3.63, 3.8) is 0 Å². The minimum absolute atomic E-state index is 0.409. The van der Waals surface area contributed by atoms with E-state index in [1.54, 1.807) is 30.3 Å². The molecule has 1 aromatic carbocycles. The molecule has 4 nitrogen and oxygen atoms in total. The number of sulfonamides is 1. The van der Waals surface area contributed by atoms with Crippen LogP contribution in [0.25, 0.3) is 0 Å². The maximum absolute atomic E-state index is 12.3. The second-order valence-electron chi connectivity index (χ2n) is 3.76. The zero-order chi connectivity index (χ0) is 13.1. The van der Waals surface area contributed by atoms with Crippen LogP contribution in [0.3, 0.4) is 0 Å². The molecule has 7 heteroatoms. The largest absolute Gasteiger partial charge is 0.394 e. The lowest BCUT2D eigenvalue weighted by Crippen LogP contribution is -2.48. The van der Waals surface area contributed by atoms with Crippen molar-refractivity contribution < 1.29 is 22.3 Å². The number of aliphatic hydroxyl groups is 1. The maximum atomic E-state index is 12.3. The van der Waals surface area contributed by atoms with Crippen molar-refractivity contribution in [3.05, 3.63) is 35.9 Å². The molecule has 0 heterocycles. The summed E-state index contributed by atoms with van der Waals surface area (Å²) in [6.07, 6.45) is 0. The van der Waals surface area contributed by atoms with Gasteiger partial charge in [0.15, 0.2) is 0 Å². The van der Waals surface area contributed by atoms with Gasteiger partial charge in [0, 0.05) is 0 Å². The SMILES string of the molecule is CC(CO)(NS(=O)(=O)C(F)F)c1ccccc1. The fourth-order valence-corrected chi connectivity index (χ4v) is 2.25. The first kappa shape index (κ1) is 14.0. The molecule has 1 atom stereocenters. The van der Waals surface area contributed by atoms with Gasteiger partial charge in [-0.3, -0.25) is 0 Å².